The molecule has 0 aliphatic heterocycles. The maximum absolute atomic E-state index is 6.19. The largest absolute Gasteiger partial charge is 0.494 e. The van der Waals surface area contributed by atoms with Crippen LogP contribution in [0.3, 0.4) is 0 Å². The van der Waals surface area contributed by atoms with Crippen LogP contribution in [-0.4, -0.2) is 39.8 Å². The first-order valence-corrected chi connectivity index (χ1v) is 44.3. The zero-order valence-corrected chi connectivity index (χ0v) is 82.7. The molecule has 0 unspecified atom stereocenters. The van der Waals surface area contributed by atoms with Crippen molar-refractivity contribution in [3.8, 4) is 84.5 Å². The maximum atomic E-state index is 6.19. The number of rotatable bonds is 32. The number of para-hydroxylation sites is 2. The predicted octanol–water partition coefficient (Wildman–Crippen LogP) is 31.7. The van der Waals surface area contributed by atoms with Crippen LogP contribution in [0.15, 0.2) is 383 Å². The van der Waals surface area contributed by atoms with Crippen LogP contribution in [-0.2, 0) is 80.4 Å². The van der Waals surface area contributed by atoms with Crippen LogP contribution in [0.5, 0.6) is 17.2 Å². The van der Waals surface area contributed by atoms with Gasteiger partial charge in [-0.1, -0.05) is 292 Å². The quantitative estimate of drug-likeness (QED) is 0.0302. The van der Waals surface area contributed by atoms with Gasteiger partial charge in [-0.15, -0.1) is 130 Å². The molecule has 658 valence electrons. The zero-order valence-electron chi connectivity index (χ0n) is 73.1. The minimum absolute atomic E-state index is 0. The third-order valence-corrected chi connectivity index (χ3v) is 22.2. The summed E-state index contributed by atoms with van der Waals surface area (Å²) >= 11 is 0. The van der Waals surface area contributed by atoms with Crippen LogP contribution in [0.2, 0.25) is 0 Å². The average molecular weight is 2400 g/mol. The summed E-state index contributed by atoms with van der Waals surface area (Å²) in [4.78, 5) is 22.9. The number of hydrogen-bond donors (Lipinski definition) is 0. The molecule has 9 nitrogen and oxygen atoms in total. The van der Waals surface area contributed by atoms with Crippen LogP contribution in [0, 0.1) is 24.3 Å². The summed E-state index contributed by atoms with van der Waals surface area (Å²) in [6.07, 6.45) is 24.7. The van der Waals surface area contributed by atoms with Gasteiger partial charge in [-0.05, 0) is 182 Å². The Labute approximate surface area is 816 Å². The summed E-state index contributed by atoms with van der Waals surface area (Å²) < 4.78 is 18.3. The Morgan fingerprint density at radius 3 is 1.12 bits per heavy atom. The van der Waals surface area contributed by atoms with Gasteiger partial charge in [-0.2, -0.15) is 0 Å². The predicted molar refractivity (Wildman–Crippen MR) is 522 cm³/mol. The molecule has 0 saturated carbocycles. The van der Waals surface area contributed by atoms with Gasteiger partial charge in [0.1, 0.15) is 5.75 Å². The van der Waals surface area contributed by atoms with E-state index in [1.165, 1.54) is 103 Å². The van der Waals surface area contributed by atoms with Crippen LogP contribution >= 0.6 is 0 Å². The number of ether oxygens (including phenoxy) is 3. The Kier molecular flexibility index (Phi) is 39.5. The van der Waals surface area contributed by atoms with E-state index in [2.05, 4.69) is 348 Å². The normalized spacial score (nSPS) is 10.6. The minimum atomic E-state index is 0. The molecule has 0 fully saturated rings. The number of fused-ring (bicyclic) bond motifs is 4. The molecular weight excluding hydrogens is 2290 g/mol. The number of anilines is 6. The molecule has 18 rings (SSSR count). The average Bonchev–Trinajstić information content (AvgIpc) is 0.750. The monoisotopic (exact) mass is 2400 g/mol. The summed E-state index contributed by atoms with van der Waals surface area (Å²) in [7, 11) is 0. The van der Waals surface area contributed by atoms with Crippen molar-refractivity contribution >= 4 is 77.2 Å². The second kappa shape index (κ2) is 52.1. The second-order valence-electron chi connectivity index (χ2n) is 31.1. The number of benzene rings is 14. The van der Waals surface area contributed by atoms with E-state index >= 15 is 0 Å². The molecule has 4 radical (unpaired) electrons. The van der Waals surface area contributed by atoms with Crippen LogP contribution in [0.1, 0.15) is 111 Å². The van der Waals surface area contributed by atoms with Gasteiger partial charge in [0.2, 0.25) is 0 Å². The summed E-state index contributed by atoms with van der Waals surface area (Å²) in [5, 5.41) is 9.50. The Balaban J connectivity index is 0.000000166. The molecule has 4 heterocycles. The van der Waals surface area contributed by atoms with Crippen LogP contribution < -0.4 is 24.0 Å². The maximum Gasteiger partial charge on any atom is 0.161 e. The number of aromatic nitrogens is 4. The Bertz CT molecular complexity index is 6290. The fourth-order valence-corrected chi connectivity index (χ4v) is 15.8. The van der Waals surface area contributed by atoms with Crippen LogP contribution in [0.4, 0.5) is 34.1 Å². The topological polar surface area (TPSA) is 85.7 Å². The molecule has 129 heavy (non-hydrogen) atoms. The smallest absolute Gasteiger partial charge is 0.161 e. The van der Waals surface area contributed by atoms with E-state index in [-0.39, 0.29) is 80.4 Å². The Morgan fingerprint density at radius 1 is 0.248 bits per heavy atom. The van der Waals surface area contributed by atoms with Gasteiger partial charge in [0.25, 0.3) is 0 Å². The van der Waals surface area contributed by atoms with E-state index in [1.807, 2.05) is 110 Å². The molecule has 0 amide bonds. The standard InChI is InChI=1S/C31H21N2.C31H34NO2.C31H34NO.C23H17N2.4Ir/c1-3-16-27-23(10-1)12-8-19-30(27)33(31-20-9-13-24-11-2-4-17-28(24)31)26-15-7-14-25(22-26)29-18-5-6-21-32-29;1-3-5-9-20-33-29-17-16-26(23-30(29)34-21-10-6-4-2)25-13-11-14-27(22-25)31-28-15-8-7-12-24(28)18-19-32-31;1-2-3-4-5-6-7-8-11-22-33-29-18-13-16-27(24-29)26-15-12-17-28(23-26)31-30-19-10-9-14-25(30)20-21-32-31;1-3-11-20(12-4-1)25(21-13-5-2-6-14-21)22-15-9-10-19(18-22)23-16-7-8-17-24-23;;;;/h1-13,15-22H;7-8,11-13,15-19,22-23H,3-6,9-10,20-21H2,1-2H3;9-10,12-16,18-21,23-24H,2-8,11,22H2,1H3;1-9,11-18H;;;;/q4*-1;;;;. The van der Waals surface area contributed by atoms with Crippen molar-refractivity contribution in [1.82, 2.24) is 19.9 Å². The number of pyridine rings is 4. The molecule has 0 aliphatic rings. The summed E-state index contributed by atoms with van der Waals surface area (Å²) in [6, 6.07) is 137. The van der Waals surface area contributed by atoms with E-state index in [4.69, 9.17) is 14.2 Å². The van der Waals surface area contributed by atoms with Crippen molar-refractivity contribution in [2.75, 3.05) is 29.6 Å². The van der Waals surface area contributed by atoms with E-state index < -0.39 is 0 Å². The fraction of sp³-hybridized carbons (Fsp3) is 0.172. The van der Waals surface area contributed by atoms with Gasteiger partial charge in [0, 0.05) is 127 Å². The molecule has 0 spiro atoms. The van der Waals surface area contributed by atoms with Crippen molar-refractivity contribution in [3.63, 3.8) is 0 Å². The first-order valence-electron chi connectivity index (χ1n) is 44.3. The van der Waals surface area contributed by atoms with E-state index in [9.17, 15) is 0 Å². The summed E-state index contributed by atoms with van der Waals surface area (Å²) in [5.41, 5.74) is 18.9. The minimum Gasteiger partial charge on any atom is -0.494 e. The van der Waals surface area contributed by atoms with Gasteiger partial charge >= 0.3 is 0 Å². The molecule has 0 N–H and O–H groups in total. The van der Waals surface area contributed by atoms with Crippen molar-refractivity contribution < 1.29 is 94.6 Å². The van der Waals surface area contributed by atoms with Gasteiger partial charge in [0.05, 0.1) is 31.2 Å². The van der Waals surface area contributed by atoms with Crippen molar-refractivity contribution in [1.29, 1.82) is 0 Å². The van der Waals surface area contributed by atoms with E-state index in [1.54, 1.807) is 0 Å². The first kappa shape index (κ1) is 97.9. The zero-order chi connectivity index (χ0) is 85.2. The third kappa shape index (κ3) is 26.8. The van der Waals surface area contributed by atoms with E-state index in [0.717, 1.165) is 162 Å². The molecule has 4 aromatic heterocycles. The number of nitrogens with zero attached hydrogens (tertiary/aromatic N) is 6. The van der Waals surface area contributed by atoms with Crippen molar-refractivity contribution in [2.45, 2.75) is 111 Å². The second-order valence-corrected chi connectivity index (χ2v) is 31.1. The first-order chi connectivity index (χ1) is 61.9. The molecule has 13 heteroatoms. The number of unbranched alkanes of at least 4 members (excludes halogenated alkanes) is 11. The number of hydrogen-bond acceptors (Lipinski definition) is 9. The molecule has 14 aromatic carbocycles. The molecular formula is C116H106Ir4N6O3-4. The van der Waals surface area contributed by atoms with Gasteiger partial charge in [0.15, 0.2) is 11.5 Å². The third-order valence-electron chi connectivity index (χ3n) is 22.2. The summed E-state index contributed by atoms with van der Waals surface area (Å²) in [5.74, 6) is 2.59. The molecule has 0 saturated heterocycles. The molecule has 0 bridgehead atoms. The molecule has 0 atom stereocenters. The molecule has 18 aromatic rings. The SMILES string of the molecule is CCCCCCCCCCOc1cccc(-c2cc[c-]c(-c3nccc4ccccc34)c2)c1.CCCCCOc1ccc(-c2cc[c-]c(-c3nccc4ccccc34)c2)cc1OCCCCC.[Ir].[Ir].[Ir].[Ir].[c-]1ccc(N(c2cccc3ccccc23)c2cccc3ccccc23)cc1-c1ccccn1.[c-]1ccc(N(c2ccccc2)c2ccccc2)cc1-c1ccccn1. The van der Waals surface area contributed by atoms with Crippen molar-refractivity contribution in [3.05, 3.63) is 407 Å². The van der Waals surface area contributed by atoms with Crippen molar-refractivity contribution in [2.24, 2.45) is 0 Å². The van der Waals surface area contributed by atoms with Gasteiger partial charge in [-0.3, -0.25) is 0 Å². The molecule has 0 aliphatic carbocycles. The fourth-order valence-electron chi connectivity index (χ4n) is 15.8. The van der Waals surface area contributed by atoms with Gasteiger partial charge < -0.3 is 43.9 Å². The van der Waals surface area contributed by atoms with Gasteiger partial charge in [-0.25, -0.2) is 0 Å². The van der Waals surface area contributed by atoms with Crippen LogP contribution in [0.25, 0.3) is 110 Å². The van der Waals surface area contributed by atoms with E-state index in [0.29, 0.717) is 6.61 Å². The Morgan fingerprint density at radius 2 is 0.628 bits per heavy atom. The summed E-state index contributed by atoms with van der Waals surface area (Å²) in [6.45, 7) is 8.88. The Hall–Kier alpha value is -11.7.